The topological polar surface area (TPSA) is 94.1 Å². The predicted octanol–water partition coefficient (Wildman–Crippen LogP) is 2.54. The van der Waals surface area contributed by atoms with E-state index in [9.17, 15) is 9.59 Å². The summed E-state index contributed by atoms with van der Waals surface area (Å²) in [7, 11) is 0. The molecule has 7 nitrogen and oxygen atoms in total. The van der Waals surface area contributed by atoms with Crippen molar-refractivity contribution in [3.63, 3.8) is 0 Å². The molecule has 0 unspecified atom stereocenters. The van der Waals surface area contributed by atoms with Crippen LogP contribution in [0.1, 0.15) is 10.4 Å². The van der Waals surface area contributed by atoms with Gasteiger partial charge in [-0.15, -0.1) is 0 Å². The molecule has 2 heterocycles. The van der Waals surface area contributed by atoms with E-state index in [0.29, 0.717) is 16.7 Å². The molecule has 3 aromatic rings. The van der Waals surface area contributed by atoms with E-state index in [2.05, 4.69) is 19.0 Å². The number of rotatable bonds is 4. The van der Waals surface area contributed by atoms with Crippen LogP contribution in [0.4, 0.5) is 5.69 Å². The van der Waals surface area contributed by atoms with E-state index < -0.39 is 18.5 Å². The molecule has 1 amide bonds. The highest BCUT2D eigenvalue weighted by molar-refractivity contribution is 7.00. The van der Waals surface area contributed by atoms with Gasteiger partial charge in [0.25, 0.3) is 5.91 Å². The molecule has 0 atom stereocenters. The third-order valence-electron chi connectivity index (χ3n) is 2.86. The summed E-state index contributed by atoms with van der Waals surface area (Å²) in [4.78, 5) is 27.5. The number of fused-ring (bicyclic) bond motifs is 1. The summed E-state index contributed by atoms with van der Waals surface area (Å²) in [6, 6.07) is 8.06. The maximum absolute atomic E-state index is 11.9. The molecule has 116 valence electrons. The zero-order valence-electron chi connectivity index (χ0n) is 11.5. The van der Waals surface area contributed by atoms with Crippen molar-refractivity contribution in [1.29, 1.82) is 0 Å². The van der Waals surface area contributed by atoms with Crippen LogP contribution in [0, 0.1) is 0 Å². The second-order valence-electron chi connectivity index (χ2n) is 4.43. The fourth-order valence-electron chi connectivity index (χ4n) is 1.84. The molecular weight excluding hydrogens is 340 g/mol. The first kappa shape index (κ1) is 15.3. The lowest BCUT2D eigenvalue weighted by Gasteiger charge is -2.07. The van der Waals surface area contributed by atoms with Crippen LogP contribution in [-0.4, -0.2) is 32.2 Å². The van der Waals surface area contributed by atoms with Gasteiger partial charge in [0, 0.05) is 6.20 Å². The highest BCUT2D eigenvalue weighted by Gasteiger charge is 2.13. The van der Waals surface area contributed by atoms with E-state index >= 15 is 0 Å². The van der Waals surface area contributed by atoms with Crippen LogP contribution in [0.25, 0.3) is 11.0 Å². The van der Waals surface area contributed by atoms with Crippen molar-refractivity contribution in [3.05, 3.63) is 47.2 Å². The minimum atomic E-state index is -0.655. The van der Waals surface area contributed by atoms with Crippen LogP contribution >= 0.6 is 23.3 Å². The summed E-state index contributed by atoms with van der Waals surface area (Å²) in [6.45, 7) is -0.424. The van der Waals surface area contributed by atoms with Crippen molar-refractivity contribution in [3.8, 4) is 0 Å². The van der Waals surface area contributed by atoms with Crippen molar-refractivity contribution in [2.75, 3.05) is 11.9 Å². The summed E-state index contributed by atoms with van der Waals surface area (Å²) < 4.78 is 13.1. The summed E-state index contributed by atoms with van der Waals surface area (Å²) in [5, 5.41) is 2.81. The molecule has 23 heavy (non-hydrogen) atoms. The van der Waals surface area contributed by atoms with Crippen molar-refractivity contribution in [1.82, 2.24) is 13.7 Å². The van der Waals surface area contributed by atoms with E-state index in [4.69, 9.17) is 16.3 Å². The Morgan fingerprint density at radius 3 is 2.96 bits per heavy atom. The highest BCUT2D eigenvalue weighted by Crippen LogP contribution is 2.20. The Balaban J connectivity index is 1.62. The first-order chi connectivity index (χ1) is 11.1. The second-order valence-corrected chi connectivity index (χ2v) is 5.34. The average molecular weight is 349 g/mol. The van der Waals surface area contributed by atoms with Gasteiger partial charge in [0.05, 0.1) is 23.0 Å². The molecule has 1 N–H and O–H groups in total. The number of pyridine rings is 1. The molecule has 0 radical (unpaired) electrons. The van der Waals surface area contributed by atoms with E-state index in [1.54, 1.807) is 18.2 Å². The molecule has 0 spiro atoms. The monoisotopic (exact) mass is 348 g/mol. The maximum Gasteiger partial charge on any atom is 0.338 e. The van der Waals surface area contributed by atoms with Gasteiger partial charge >= 0.3 is 5.97 Å². The third-order valence-corrected chi connectivity index (χ3v) is 3.61. The Morgan fingerprint density at radius 1 is 1.26 bits per heavy atom. The molecule has 0 bridgehead atoms. The van der Waals surface area contributed by atoms with E-state index in [-0.39, 0.29) is 10.7 Å². The molecule has 0 saturated carbocycles. The summed E-state index contributed by atoms with van der Waals surface area (Å²) in [6.07, 6.45) is 1.38. The number of carbonyl (C=O) groups excluding carboxylic acids is 2. The van der Waals surface area contributed by atoms with Crippen LogP contribution in [-0.2, 0) is 9.53 Å². The minimum Gasteiger partial charge on any atom is -0.452 e. The van der Waals surface area contributed by atoms with Gasteiger partial charge in [-0.3, -0.25) is 4.79 Å². The van der Waals surface area contributed by atoms with Gasteiger partial charge in [-0.05, 0) is 24.3 Å². The zero-order chi connectivity index (χ0) is 16.2. The van der Waals surface area contributed by atoms with E-state index in [1.165, 1.54) is 18.3 Å². The van der Waals surface area contributed by atoms with Crippen LogP contribution < -0.4 is 5.32 Å². The van der Waals surface area contributed by atoms with Crippen LogP contribution in [0.2, 0.25) is 5.15 Å². The van der Waals surface area contributed by atoms with Gasteiger partial charge in [-0.25, -0.2) is 9.78 Å². The lowest BCUT2D eigenvalue weighted by atomic mass is 10.2. The first-order valence-electron chi connectivity index (χ1n) is 6.43. The largest absolute Gasteiger partial charge is 0.452 e. The van der Waals surface area contributed by atoms with Crippen molar-refractivity contribution >= 4 is 51.9 Å². The molecule has 0 saturated heterocycles. The molecule has 0 aliphatic heterocycles. The van der Waals surface area contributed by atoms with Gasteiger partial charge in [-0.2, -0.15) is 8.75 Å². The standard InChI is InChI=1S/C14H9ClN4O3S/c15-11-6-8(4-5-16-11)14(21)22-7-12(20)17-9-2-1-3-10-13(9)19-23-18-10/h1-6H,7H2,(H,17,20). The Morgan fingerprint density at radius 2 is 2.13 bits per heavy atom. The number of esters is 1. The average Bonchev–Trinajstić information content (AvgIpc) is 3.02. The third kappa shape index (κ3) is 3.61. The number of hydrogen-bond acceptors (Lipinski definition) is 7. The summed E-state index contributed by atoms with van der Waals surface area (Å²) in [5.41, 5.74) is 2.03. The number of amides is 1. The van der Waals surface area contributed by atoms with Gasteiger partial charge in [-0.1, -0.05) is 17.7 Å². The molecule has 9 heteroatoms. The molecule has 0 aliphatic carbocycles. The van der Waals surface area contributed by atoms with E-state index in [0.717, 1.165) is 11.7 Å². The van der Waals surface area contributed by atoms with Gasteiger partial charge in [0.1, 0.15) is 16.2 Å². The molecule has 0 aliphatic rings. The molecular formula is C14H9ClN4O3S. The lowest BCUT2D eigenvalue weighted by Crippen LogP contribution is -2.21. The number of ether oxygens (including phenoxy) is 1. The number of anilines is 1. The summed E-state index contributed by atoms with van der Waals surface area (Å²) >= 11 is 6.75. The van der Waals surface area contributed by atoms with Gasteiger partial charge in [0.15, 0.2) is 6.61 Å². The van der Waals surface area contributed by atoms with Crippen LogP contribution in [0.5, 0.6) is 0 Å². The smallest absolute Gasteiger partial charge is 0.338 e. The number of nitrogens with zero attached hydrogens (tertiary/aromatic N) is 3. The second kappa shape index (κ2) is 6.67. The Labute approximate surface area is 139 Å². The van der Waals surface area contributed by atoms with Crippen LogP contribution in [0.3, 0.4) is 0 Å². The number of hydrogen-bond donors (Lipinski definition) is 1. The zero-order valence-corrected chi connectivity index (χ0v) is 13.1. The fraction of sp³-hybridized carbons (Fsp3) is 0.0714. The van der Waals surface area contributed by atoms with Crippen molar-refractivity contribution in [2.45, 2.75) is 0 Å². The number of aromatic nitrogens is 3. The maximum atomic E-state index is 11.9. The molecule has 2 aromatic heterocycles. The Hall–Kier alpha value is -2.58. The number of halogens is 1. The number of benzene rings is 1. The number of carbonyl (C=O) groups is 2. The minimum absolute atomic E-state index is 0.173. The van der Waals surface area contributed by atoms with Crippen molar-refractivity contribution < 1.29 is 14.3 Å². The van der Waals surface area contributed by atoms with Gasteiger partial charge < -0.3 is 10.1 Å². The molecule has 3 rings (SSSR count). The fourth-order valence-corrected chi connectivity index (χ4v) is 2.56. The van der Waals surface area contributed by atoms with E-state index in [1.807, 2.05) is 0 Å². The SMILES string of the molecule is O=C(COC(=O)c1ccnc(Cl)c1)Nc1cccc2nsnc12. The van der Waals surface area contributed by atoms with Gasteiger partial charge in [0.2, 0.25) is 0 Å². The summed E-state index contributed by atoms with van der Waals surface area (Å²) in [5.74, 6) is -1.13. The molecule has 0 fully saturated rings. The van der Waals surface area contributed by atoms with Crippen LogP contribution in [0.15, 0.2) is 36.5 Å². The normalized spacial score (nSPS) is 10.5. The molecule has 1 aromatic carbocycles. The Kier molecular flexibility index (Phi) is 4.45. The Bertz CT molecular complexity index is 883. The quantitative estimate of drug-likeness (QED) is 0.575. The number of nitrogens with one attached hydrogen (secondary N) is 1. The first-order valence-corrected chi connectivity index (χ1v) is 7.54. The highest BCUT2D eigenvalue weighted by atomic mass is 35.5. The van der Waals surface area contributed by atoms with Crippen molar-refractivity contribution in [2.24, 2.45) is 0 Å². The predicted molar refractivity (Wildman–Crippen MR) is 85.6 cm³/mol. The lowest BCUT2D eigenvalue weighted by molar-refractivity contribution is -0.119.